The third kappa shape index (κ3) is 3.51. The van der Waals surface area contributed by atoms with E-state index in [1.54, 1.807) is 4.90 Å². The van der Waals surface area contributed by atoms with Gasteiger partial charge in [0.05, 0.1) is 6.54 Å². The van der Waals surface area contributed by atoms with E-state index in [0.29, 0.717) is 18.9 Å². The first-order valence-corrected chi connectivity index (χ1v) is 8.65. The number of hydroxylamine groups is 1. The Bertz CT molecular complexity index is 462. The van der Waals surface area contributed by atoms with Gasteiger partial charge in [0.25, 0.3) is 5.91 Å². The van der Waals surface area contributed by atoms with Crippen LogP contribution in [0.2, 0.25) is 0 Å². The van der Waals surface area contributed by atoms with E-state index in [4.69, 9.17) is 4.84 Å². The second-order valence-corrected chi connectivity index (χ2v) is 7.42. The van der Waals surface area contributed by atoms with Crippen molar-refractivity contribution in [3.05, 3.63) is 0 Å². The van der Waals surface area contributed by atoms with E-state index in [2.05, 4.69) is 31.3 Å². The van der Waals surface area contributed by atoms with Crippen LogP contribution in [0.3, 0.4) is 0 Å². The lowest BCUT2D eigenvalue weighted by Gasteiger charge is -2.48. The van der Waals surface area contributed by atoms with E-state index in [-0.39, 0.29) is 30.6 Å². The summed E-state index contributed by atoms with van der Waals surface area (Å²) in [6.07, 6.45) is 1.97. The Morgan fingerprint density at radius 2 is 1.91 bits per heavy atom. The van der Waals surface area contributed by atoms with E-state index in [1.165, 1.54) is 0 Å². The SMILES string of the molecule is CC(C)CC1ONC2CN(C3CCN(C)CC3)C(=O)CN2C1=O. The quantitative estimate of drug-likeness (QED) is 0.793. The van der Waals surface area contributed by atoms with Gasteiger partial charge < -0.3 is 14.7 Å². The van der Waals surface area contributed by atoms with E-state index >= 15 is 0 Å². The van der Waals surface area contributed by atoms with E-state index in [9.17, 15) is 9.59 Å². The number of piperidine rings is 1. The first-order chi connectivity index (χ1) is 11.0. The van der Waals surface area contributed by atoms with Gasteiger partial charge in [-0.15, -0.1) is 0 Å². The van der Waals surface area contributed by atoms with Crippen LogP contribution < -0.4 is 5.48 Å². The minimum absolute atomic E-state index is 0.0566. The number of likely N-dealkylation sites (tertiary alicyclic amines) is 1. The fourth-order valence-corrected chi connectivity index (χ4v) is 3.70. The number of nitrogens with zero attached hydrogens (tertiary/aromatic N) is 3. The van der Waals surface area contributed by atoms with Gasteiger partial charge in [-0.2, -0.15) is 5.48 Å². The minimum atomic E-state index is -0.478. The molecule has 3 saturated heterocycles. The lowest BCUT2D eigenvalue weighted by atomic mass is 10.0. The molecule has 23 heavy (non-hydrogen) atoms. The minimum Gasteiger partial charge on any atom is -0.335 e. The fourth-order valence-electron chi connectivity index (χ4n) is 3.70. The van der Waals surface area contributed by atoms with Gasteiger partial charge >= 0.3 is 0 Å². The van der Waals surface area contributed by atoms with Crippen molar-refractivity contribution in [1.29, 1.82) is 0 Å². The molecule has 0 aromatic carbocycles. The van der Waals surface area contributed by atoms with Crippen molar-refractivity contribution in [2.45, 2.75) is 51.4 Å². The molecule has 0 saturated carbocycles. The van der Waals surface area contributed by atoms with Crippen molar-refractivity contribution in [1.82, 2.24) is 20.2 Å². The molecule has 2 unspecified atom stereocenters. The maximum atomic E-state index is 12.6. The van der Waals surface area contributed by atoms with Gasteiger partial charge in [0.2, 0.25) is 5.91 Å². The summed E-state index contributed by atoms with van der Waals surface area (Å²) < 4.78 is 0. The molecule has 0 radical (unpaired) electrons. The zero-order valence-corrected chi connectivity index (χ0v) is 14.3. The van der Waals surface area contributed by atoms with Crippen LogP contribution in [0.5, 0.6) is 0 Å². The molecule has 0 aromatic heterocycles. The molecule has 0 aromatic rings. The van der Waals surface area contributed by atoms with Gasteiger partial charge in [-0.3, -0.25) is 14.4 Å². The van der Waals surface area contributed by atoms with Gasteiger partial charge in [0, 0.05) is 6.04 Å². The highest BCUT2D eigenvalue weighted by Crippen LogP contribution is 2.24. The Kier molecular flexibility index (Phi) is 4.89. The lowest BCUT2D eigenvalue weighted by molar-refractivity contribution is -0.192. The van der Waals surface area contributed by atoms with Crippen molar-refractivity contribution in [2.75, 3.05) is 33.2 Å². The van der Waals surface area contributed by atoms with Gasteiger partial charge in [0.15, 0.2) is 6.10 Å². The second kappa shape index (κ2) is 6.75. The van der Waals surface area contributed by atoms with Crippen LogP contribution in [-0.2, 0) is 14.4 Å². The van der Waals surface area contributed by atoms with Gasteiger partial charge in [-0.1, -0.05) is 13.8 Å². The summed E-state index contributed by atoms with van der Waals surface area (Å²) in [4.78, 5) is 36.6. The average molecular weight is 324 g/mol. The maximum absolute atomic E-state index is 12.6. The molecule has 3 heterocycles. The summed E-state index contributed by atoms with van der Waals surface area (Å²) in [5, 5.41) is 0. The van der Waals surface area contributed by atoms with Crippen molar-refractivity contribution in [3.63, 3.8) is 0 Å². The molecule has 3 fully saturated rings. The predicted molar refractivity (Wildman–Crippen MR) is 85.2 cm³/mol. The van der Waals surface area contributed by atoms with Crippen LogP contribution in [0, 0.1) is 5.92 Å². The molecule has 3 rings (SSSR count). The van der Waals surface area contributed by atoms with Crippen LogP contribution in [0.4, 0.5) is 0 Å². The number of hydrogen-bond donors (Lipinski definition) is 1. The topological polar surface area (TPSA) is 65.1 Å². The molecule has 7 nitrogen and oxygen atoms in total. The molecule has 0 spiro atoms. The predicted octanol–water partition coefficient (Wildman–Crippen LogP) is 0.0270. The maximum Gasteiger partial charge on any atom is 0.255 e. The summed E-state index contributed by atoms with van der Waals surface area (Å²) in [6.45, 7) is 6.84. The molecule has 3 aliphatic rings. The van der Waals surface area contributed by atoms with E-state index < -0.39 is 6.10 Å². The number of hydrogen-bond acceptors (Lipinski definition) is 5. The van der Waals surface area contributed by atoms with Crippen molar-refractivity contribution >= 4 is 11.8 Å². The number of piperazine rings is 1. The highest BCUT2D eigenvalue weighted by atomic mass is 16.7. The highest BCUT2D eigenvalue weighted by molar-refractivity contribution is 5.89. The Balaban J connectivity index is 1.63. The molecular weight excluding hydrogens is 296 g/mol. The summed E-state index contributed by atoms with van der Waals surface area (Å²) >= 11 is 0. The van der Waals surface area contributed by atoms with Gasteiger partial charge in [0.1, 0.15) is 12.7 Å². The summed E-state index contributed by atoms with van der Waals surface area (Å²) in [6, 6.07) is 0.283. The van der Waals surface area contributed by atoms with Gasteiger partial charge in [-0.05, 0) is 45.3 Å². The first-order valence-electron chi connectivity index (χ1n) is 8.65. The molecule has 2 atom stereocenters. The molecule has 1 N–H and O–H groups in total. The van der Waals surface area contributed by atoms with Crippen LogP contribution >= 0.6 is 0 Å². The molecule has 3 aliphatic heterocycles. The number of rotatable bonds is 3. The number of nitrogens with one attached hydrogen (secondary N) is 1. The monoisotopic (exact) mass is 324 g/mol. The Labute approximate surface area is 137 Å². The van der Waals surface area contributed by atoms with Crippen LogP contribution in [0.1, 0.15) is 33.1 Å². The molecule has 130 valence electrons. The second-order valence-electron chi connectivity index (χ2n) is 7.42. The summed E-state index contributed by atoms with van der Waals surface area (Å²) in [7, 11) is 2.11. The third-order valence-electron chi connectivity index (χ3n) is 5.09. The van der Waals surface area contributed by atoms with Crippen LogP contribution in [-0.4, -0.2) is 78.1 Å². The normalized spacial score (nSPS) is 31.0. The number of amides is 2. The van der Waals surface area contributed by atoms with E-state index in [0.717, 1.165) is 25.9 Å². The summed E-state index contributed by atoms with van der Waals surface area (Å²) in [5.41, 5.74) is 3.01. The van der Waals surface area contributed by atoms with Crippen LogP contribution in [0.25, 0.3) is 0 Å². The van der Waals surface area contributed by atoms with Crippen molar-refractivity contribution < 1.29 is 14.4 Å². The molecule has 0 aliphatic carbocycles. The lowest BCUT2D eigenvalue weighted by Crippen LogP contribution is -2.69. The zero-order valence-electron chi connectivity index (χ0n) is 14.3. The van der Waals surface area contributed by atoms with Gasteiger partial charge in [-0.25, -0.2) is 0 Å². The zero-order chi connectivity index (χ0) is 16.6. The highest BCUT2D eigenvalue weighted by Gasteiger charge is 2.44. The molecule has 0 bridgehead atoms. The van der Waals surface area contributed by atoms with Crippen molar-refractivity contribution in [3.8, 4) is 0 Å². The summed E-state index contributed by atoms with van der Waals surface area (Å²) in [5.74, 6) is 0.383. The molecular formula is C16H28N4O3. The number of carbonyl (C=O) groups excluding carboxylic acids is 2. The Morgan fingerprint density at radius 1 is 1.22 bits per heavy atom. The largest absolute Gasteiger partial charge is 0.335 e. The number of carbonyl (C=O) groups is 2. The average Bonchev–Trinajstić information content (AvgIpc) is 2.51. The fraction of sp³-hybridized carbons (Fsp3) is 0.875. The standard InChI is InChI=1S/C16H28N4O3/c1-11(2)8-13-16(22)20-10-15(21)19(9-14(20)17-23-13)12-4-6-18(3)7-5-12/h11-14,17H,4-10H2,1-3H3. The Morgan fingerprint density at radius 3 is 2.57 bits per heavy atom. The smallest absolute Gasteiger partial charge is 0.255 e. The van der Waals surface area contributed by atoms with Crippen molar-refractivity contribution in [2.24, 2.45) is 5.92 Å². The van der Waals surface area contributed by atoms with Crippen LogP contribution in [0.15, 0.2) is 0 Å². The number of fused-ring (bicyclic) bond motifs is 1. The molecule has 7 heteroatoms. The van der Waals surface area contributed by atoms with E-state index in [1.807, 2.05) is 4.90 Å². The first kappa shape index (κ1) is 16.7. The third-order valence-corrected chi connectivity index (χ3v) is 5.09. The molecule has 2 amide bonds. The Hall–Kier alpha value is -1.18.